The molecule has 5 aromatic rings. The van der Waals surface area contributed by atoms with E-state index in [1.165, 1.54) is 29.8 Å². The first kappa shape index (κ1) is 29.5. The molecule has 2 N–H and O–H groups in total. The first-order valence-corrected chi connectivity index (χ1v) is 15.2. The topological polar surface area (TPSA) is 119 Å². The van der Waals surface area contributed by atoms with E-state index < -0.39 is 10.3 Å². The van der Waals surface area contributed by atoms with Crippen LogP contribution >= 0.6 is 22.9 Å². The second-order valence-electron chi connectivity index (χ2n) is 9.58. The van der Waals surface area contributed by atoms with Gasteiger partial charge < -0.3 is 15.4 Å². The Morgan fingerprint density at radius 2 is 1.95 bits per heavy atom. The largest absolute Gasteiger partial charge is 0.487 e. The number of benzene rings is 2. The van der Waals surface area contributed by atoms with E-state index in [0.717, 1.165) is 10.4 Å². The van der Waals surface area contributed by atoms with Crippen LogP contribution in [0.3, 0.4) is 0 Å². The maximum atomic E-state index is 13.5. The van der Waals surface area contributed by atoms with Crippen molar-refractivity contribution in [2.45, 2.75) is 27.0 Å². The predicted molar refractivity (Wildman–Crippen MR) is 164 cm³/mol. The lowest BCUT2D eigenvalue weighted by Crippen LogP contribution is -2.26. The molecule has 0 aliphatic carbocycles. The van der Waals surface area contributed by atoms with Crippen molar-refractivity contribution < 1.29 is 17.5 Å². The van der Waals surface area contributed by atoms with Gasteiger partial charge in [-0.3, -0.25) is 4.98 Å². The van der Waals surface area contributed by atoms with Crippen LogP contribution in [0.15, 0.2) is 66.4 Å². The number of hydrogen-bond acceptors (Lipinski definition) is 10. The third-order valence-corrected chi connectivity index (χ3v) is 8.44. The molecular weight excluding hydrogens is 599 g/mol. The Labute approximate surface area is 252 Å². The summed E-state index contributed by atoms with van der Waals surface area (Å²) in [6, 6.07) is 13.4. The van der Waals surface area contributed by atoms with Crippen molar-refractivity contribution in [2.24, 2.45) is 5.92 Å². The van der Waals surface area contributed by atoms with Gasteiger partial charge in [0.15, 0.2) is 0 Å². The molecule has 9 nitrogen and oxygen atoms in total. The smallest absolute Gasteiger partial charge is 0.214 e. The Kier molecular flexibility index (Phi) is 9.38. The highest BCUT2D eigenvalue weighted by atomic mass is 35.5. The van der Waals surface area contributed by atoms with Crippen molar-refractivity contribution in [3.8, 4) is 17.1 Å². The van der Waals surface area contributed by atoms with Crippen molar-refractivity contribution >= 4 is 60.5 Å². The van der Waals surface area contributed by atoms with Crippen LogP contribution in [-0.2, 0) is 23.4 Å². The van der Waals surface area contributed by atoms with Crippen molar-refractivity contribution in [3.63, 3.8) is 0 Å². The number of pyridine rings is 1. The molecule has 42 heavy (non-hydrogen) atoms. The summed E-state index contributed by atoms with van der Waals surface area (Å²) in [5.74, 6) is 0.644. The molecule has 0 radical (unpaired) electrons. The maximum Gasteiger partial charge on any atom is 0.214 e. The minimum atomic E-state index is -2.22. The molecule has 0 saturated carbocycles. The van der Waals surface area contributed by atoms with Gasteiger partial charge in [0.2, 0.25) is 10.3 Å². The number of anilines is 2. The first-order valence-electron chi connectivity index (χ1n) is 12.9. The SMILES string of the molecule is CC(C)C(CNCc1nc(-c2cc3c(Nc4ccc(OCc5cccc(F)c5)c(Cl)c4)ncnc3cn2)cs1)=S(=O)=O. The molecule has 3 aromatic heterocycles. The number of nitrogens with one attached hydrogen (secondary N) is 2. The highest BCUT2D eigenvalue weighted by molar-refractivity contribution is 7.73. The van der Waals surface area contributed by atoms with E-state index in [0.29, 0.717) is 56.2 Å². The van der Waals surface area contributed by atoms with Gasteiger partial charge >= 0.3 is 0 Å². The summed E-state index contributed by atoms with van der Waals surface area (Å²) in [7, 11) is -2.22. The summed E-state index contributed by atoms with van der Waals surface area (Å²) in [5, 5.41) is 10.3. The highest BCUT2D eigenvalue weighted by Crippen LogP contribution is 2.32. The Balaban J connectivity index is 1.30. The van der Waals surface area contributed by atoms with Crippen LogP contribution in [0.1, 0.15) is 24.4 Å². The summed E-state index contributed by atoms with van der Waals surface area (Å²) in [5.41, 5.74) is 3.38. The third kappa shape index (κ3) is 7.26. The fraction of sp³-hybridized carbons (Fsp3) is 0.207. The molecule has 0 saturated heterocycles. The van der Waals surface area contributed by atoms with Crippen molar-refractivity contribution in [1.29, 1.82) is 0 Å². The van der Waals surface area contributed by atoms with Crippen LogP contribution < -0.4 is 15.4 Å². The van der Waals surface area contributed by atoms with E-state index in [4.69, 9.17) is 16.3 Å². The number of rotatable bonds is 11. The number of hydrogen-bond donors (Lipinski definition) is 2. The van der Waals surface area contributed by atoms with Crippen molar-refractivity contribution in [3.05, 3.63) is 87.8 Å². The van der Waals surface area contributed by atoms with Crippen LogP contribution in [-0.4, -0.2) is 39.8 Å². The zero-order chi connectivity index (χ0) is 29.6. The lowest BCUT2D eigenvalue weighted by molar-refractivity contribution is 0.306. The Hall–Kier alpha value is -3.97. The molecule has 0 amide bonds. The van der Waals surface area contributed by atoms with Gasteiger partial charge in [-0.2, -0.15) is 8.42 Å². The average molecular weight is 625 g/mol. The van der Waals surface area contributed by atoms with Crippen LogP contribution in [0.25, 0.3) is 22.3 Å². The lowest BCUT2D eigenvalue weighted by atomic mass is 10.1. The monoisotopic (exact) mass is 624 g/mol. The normalized spacial score (nSPS) is 11.2. The van der Waals surface area contributed by atoms with Gasteiger partial charge in [0.25, 0.3) is 0 Å². The maximum absolute atomic E-state index is 13.5. The average Bonchev–Trinajstić information content (AvgIpc) is 3.43. The number of nitrogens with zero attached hydrogens (tertiary/aromatic N) is 4. The zero-order valence-electron chi connectivity index (χ0n) is 22.6. The summed E-state index contributed by atoms with van der Waals surface area (Å²) in [6.45, 7) is 4.59. The van der Waals surface area contributed by atoms with E-state index >= 15 is 0 Å². The molecule has 0 bridgehead atoms. The molecule has 216 valence electrons. The standard InChI is InChI=1S/C29H26ClFN6O3S2/c1-17(2)27(42(38)39)12-32-13-28-37-25(15-41-28)23-10-21-24(11-33-23)34-16-35-29(21)36-20-6-7-26(22(30)9-20)40-14-18-4-3-5-19(31)8-18/h3-11,15-17,32H,12-14H2,1-2H3,(H,34,35,36). The molecule has 0 spiro atoms. The van der Waals surface area contributed by atoms with Gasteiger partial charge in [0.05, 0.1) is 33.0 Å². The molecule has 3 heterocycles. The molecule has 13 heteroatoms. The minimum absolute atomic E-state index is 0.0661. The first-order chi connectivity index (χ1) is 20.3. The molecule has 0 aliphatic heterocycles. The quantitative estimate of drug-likeness (QED) is 0.169. The number of halogens is 2. The molecular formula is C29H26ClFN6O3S2. The number of thiazole rings is 1. The lowest BCUT2D eigenvalue weighted by Gasteiger charge is -2.12. The summed E-state index contributed by atoms with van der Waals surface area (Å²) < 4.78 is 42.0. The van der Waals surface area contributed by atoms with Gasteiger partial charge in [-0.15, -0.1) is 11.3 Å². The van der Waals surface area contributed by atoms with Crippen LogP contribution in [0.4, 0.5) is 15.9 Å². The molecule has 2 aromatic carbocycles. The predicted octanol–water partition coefficient (Wildman–Crippen LogP) is 6.06. The Morgan fingerprint density at radius 3 is 2.71 bits per heavy atom. The Bertz CT molecular complexity index is 1870. The highest BCUT2D eigenvalue weighted by Gasteiger charge is 2.13. The number of fused-ring (bicyclic) bond motifs is 1. The number of aromatic nitrogens is 4. The minimum Gasteiger partial charge on any atom is -0.487 e. The molecule has 5 rings (SSSR count). The second-order valence-corrected chi connectivity index (χ2v) is 11.9. The van der Waals surface area contributed by atoms with Crippen LogP contribution in [0, 0.1) is 11.7 Å². The van der Waals surface area contributed by atoms with Crippen molar-refractivity contribution in [1.82, 2.24) is 25.3 Å². The molecule has 0 atom stereocenters. The number of ether oxygens (including phenoxy) is 1. The fourth-order valence-electron chi connectivity index (χ4n) is 4.08. The summed E-state index contributed by atoms with van der Waals surface area (Å²) in [4.78, 5) is 18.4. The molecule has 0 unspecified atom stereocenters. The molecule has 0 aliphatic rings. The Morgan fingerprint density at radius 1 is 1.10 bits per heavy atom. The fourth-order valence-corrected chi connectivity index (χ4v) is 5.67. The molecule has 0 fully saturated rings. The van der Waals surface area contributed by atoms with Gasteiger partial charge in [0.1, 0.15) is 35.3 Å². The summed E-state index contributed by atoms with van der Waals surface area (Å²) in [6.07, 6.45) is 3.12. The summed E-state index contributed by atoms with van der Waals surface area (Å²) >= 11 is 7.94. The van der Waals surface area contributed by atoms with E-state index in [9.17, 15) is 12.8 Å². The van der Waals surface area contributed by atoms with Crippen molar-refractivity contribution in [2.75, 3.05) is 11.9 Å². The van der Waals surface area contributed by atoms with E-state index in [2.05, 4.69) is 30.6 Å². The van der Waals surface area contributed by atoms with E-state index in [1.807, 2.05) is 31.4 Å². The van der Waals surface area contributed by atoms with Gasteiger partial charge in [-0.25, -0.2) is 19.3 Å². The van der Waals surface area contributed by atoms with Crippen LogP contribution in [0.2, 0.25) is 5.02 Å². The van der Waals surface area contributed by atoms with Gasteiger partial charge in [-0.1, -0.05) is 37.6 Å². The third-order valence-electron chi connectivity index (χ3n) is 6.25. The van der Waals surface area contributed by atoms with E-state index in [1.54, 1.807) is 30.5 Å². The van der Waals surface area contributed by atoms with Gasteiger partial charge in [-0.05, 0) is 47.9 Å². The zero-order valence-corrected chi connectivity index (χ0v) is 25.0. The van der Waals surface area contributed by atoms with Gasteiger partial charge in [0, 0.05) is 29.5 Å². The van der Waals surface area contributed by atoms with E-state index in [-0.39, 0.29) is 24.9 Å². The van der Waals surface area contributed by atoms with Crippen LogP contribution in [0.5, 0.6) is 5.75 Å². The second kappa shape index (κ2) is 13.3.